The van der Waals surface area contributed by atoms with Gasteiger partial charge in [0, 0.05) is 22.9 Å². The molecule has 0 atom stereocenters. The van der Waals surface area contributed by atoms with E-state index in [1.165, 1.54) is 0 Å². The second kappa shape index (κ2) is 6.65. The number of non-ortho nitro benzene ring substituents is 1. The first kappa shape index (κ1) is 17.1. The fourth-order valence-corrected chi connectivity index (χ4v) is 3.36. The molecule has 0 bridgehead atoms. The SMILES string of the molecule is O=[N+]([O-])c1cc(Cl)c(Oc2c(Cl)cc(Cl)c3ccccc23)c(Cl)c1. The number of rotatable bonds is 3. The van der Waals surface area contributed by atoms with Crippen molar-refractivity contribution < 1.29 is 9.66 Å². The van der Waals surface area contributed by atoms with Crippen LogP contribution in [0.5, 0.6) is 11.5 Å². The summed E-state index contributed by atoms with van der Waals surface area (Å²) in [5, 5.41) is 13.0. The molecule has 0 radical (unpaired) electrons. The highest BCUT2D eigenvalue weighted by Crippen LogP contribution is 2.45. The molecule has 0 saturated carbocycles. The Balaban J connectivity index is 2.16. The number of hydrogen-bond acceptors (Lipinski definition) is 3. The van der Waals surface area contributed by atoms with Crippen LogP contribution in [0.3, 0.4) is 0 Å². The zero-order valence-corrected chi connectivity index (χ0v) is 14.7. The van der Waals surface area contributed by atoms with Gasteiger partial charge in [0.15, 0.2) is 11.5 Å². The summed E-state index contributed by atoms with van der Waals surface area (Å²) in [5.74, 6) is 0.396. The minimum Gasteiger partial charge on any atom is -0.452 e. The summed E-state index contributed by atoms with van der Waals surface area (Å²) in [6.45, 7) is 0. The molecule has 0 aliphatic carbocycles. The molecule has 0 aliphatic rings. The van der Waals surface area contributed by atoms with Gasteiger partial charge < -0.3 is 4.74 Å². The highest BCUT2D eigenvalue weighted by molar-refractivity contribution is 6.40. The van der Waals surface area contributed by atoms with Crippen molar-refractivity contribution in [1.29, 1.82) is 0 Å². The molecule has 0 spiro atoms. The summed E-state index contributed by atoms with van der Waals surface area (Å²) >= 11 is 24.6. The molecule has 0 N–H and O–H groups in total. The molecule has 24 heavy (non-hydrogen) atoms. The first-order valence-corrected chi connectivity index (χ1v) is 8.07. The van der Waals surface area contributed by atoms with Crippen molar-refractivity contribution in [3.8, 4) is 11.5 Å². The zero-order valence-electron chi connectivity index (χ0n) is 11.7. The number of benzene rings is 3. The van der Waals surface area contributed by atoms with E-state index in [1.54, 1.807) is 18.2 Å². The molecule has 0 aromatic heterocycles. The molecule has 4 nitrogen and oxygen atoms in total. The van der Waals surface area contributed by atoms with Crippen LogP contribution in [0.4, 0.5) is 5.69 Å². The van der Waals surface area contributed by atoms with E-state index >= 15 is 0 Å². The highest BCUT2D eigenvalue weighted by atomic mass is 35.5. The first-order valence-electron chi connectivity index (χ1n) is 6.56. The van der Waals surface area contributed by atoms with Crippen molar-refractivity contribution in [3.05, 3.63) is 72.7 Å². The van der Waals surface area contributed by atoms with Gasteiger partial charge in [0.1, 0.15) is 0 Å². The number of ether oxygens (including phenoxy) is 1. The van der Waals surface area contributed by atoms with Crippen LogP contribution in [-0.4, -0.2) is 4.92 Å². The van der Waals surface area contributed by atoms with Crippen LogP contribution in [0.2, 0.25) is 20.1 Å². The van der Waals surface area contributed by atoms with Gasteiger partial charge in [-0.2, -0.15) is 0 Å². The summed E-state index contributed by atoms with van der Waals surface area (Å²) in [6.07, 6.45) is 0. The van der Waals surface area contributed by atoms with Crippen LogP contribution in [0.25, 0.3) is 10.8 Å². The highest BCUT2D eigenvalue weighted by Gasteiger charge is 2.19. The standard InChI is InChI=1S/C16H7Cl4NO3/c17-11-7-14(20)15(10-4-2-1-3-9(10)11)24-16-12(18)5-8(21(22)23)6-13(16)19/h1-7H. The van der Waals surface area contributed by atoms with Crippen LogP contribution in [-0.2, 0) is 0 Å². The Hall–Kier alpha value is -1.72. The van der Waals surface area contributed by atoms with Gasteiger partial charge in [-0.05, 0) is 6.07 Å². The van der Waals surface area contributed by atoms with Crippen LogP contribution >= 0.6 is 46.4 Å². The van der Waals surface area contributed by atoms with Crippen molar-refractivity contribution in [2.24, 2.45) is 0 Å². The zero-order chi connectivity index (χ0) is 17.4. The molecular weight excluding hydrogens is 396 g/mol. The van der Waals surface area contributed by atoms with Crippen LogP contribution < -0.4 is 4.74 Å². The number of nitro benzene ring substituents is 1. The van der Waals surface area contributed by atoms with Gasteiger partial charge in [0.05, 0.1) is 25.0 Å². The van der Waals surface area contributed by atoms with Crippen LogP contribution in [0, 0.1) is 10.1 Å². The Labute approximate surface area is 156 Å². The summed E-state index contributed by atoms with van der Waals surface area (Å²) < 4.78 is 5.80. The van der Waals surface area contributed by atoms with Crippen molar-refractivity contribution in [2.45, 2.75) is 0 Å². The number of fused-ring (bicyclic) bond motifs is 1. The average Bonchev–Trinajstić information content (AvgIpc) is 2.53. The third-order valence-electron chi connectivity index (χ3n) is 3.30. The Kier molecular flexibility index (Phi) is 4.74. The Morgan fingerprint density at radius 1 is 0.792 bits per heavy atom. The largest absolute Gasteiger partial charge is 0.452 e. The number of hydrogen-bond donors (Lipinski definition) is 0. The van der Waals surface area contributed by atoms with E-state index in [0.717, 1.165) is 17.5 Å². The van der Waals surface area contributed by atoms with Gasteiger partial charge in [-0.15, -0.1) is 0 Å². The van der Waals surface area contributed by atoms with Crippen molar-refractivity contribution in [1.82, 2.24) is 0 Å². The second-order valence-electron chi connectivity index (χ2n) is 4.81. The smallest absolute Gasteiger partial charge is 0.272 e. The predicted molar refractivity (Wildman–Crippen MR) is 97.2 cm³/mol. The maximum atomic E-state index is 10.9. The van der Waals surface area contributed by atoms with Gasteiger partial charge in [0.2, 0.25) is 0 Å². The fraction of sp³-hybridized carbons (Fsp3) is 0. The summed E-state index contributed by atoms with van der Waals surface area (Å²) in [7, 11) is 0. The molecule has 122 valence electrons. The van der Waals surface area contributed by atoms with E-state index in [9.17, 15) is 10.1 Å². The molecule has 0 unspecified atom stereocenters. The maximum absolute atomic E-state index is 10.9. The summed E-state index contributed by atoms with van der Waals surface area (Å²) in [4.78, 5) is 10.3. The van der Waals surface area contributed by atoms with E-state index in [4.69, 9.17) is 51.1 Å². The van der Waals surface area contributed by atoms with E-state index in [2.05, 4.69) is 0 Å². The molecular formula is C16H7Cl4NO3. The van der Waals surface area contributed by atoms with Crippen molar-refractivity contribution in [2.75, 3.05) is 0 Å². The average molecular weight is 403 g/mol. The molecule has 3 aromatic rings. The van der Waals surface area contributed by atoms with Gasteiger partial charge >= 0.3 is 0 Å². The third-order valence-corrected chi connectivity index (χ3v) is 4.45. The van der Waals surface area contributed by atoms with Gasteiger partial charge in [-0.1, -0.05) is 70.7 Å². The monoisotopic (exact) mass is 401 g/mol. The molecule has 0 heterocycles. The minimum absolute atomic E-state index is 0.00398. The molecule has 0 saturated heterocycles. The fourth-order valence-electron chi connectivity index (χ4n) is 2.23. The van der Waals surface area contributed by atoms with Crippen molar-refractivity contribution in [3.63, 3.8) is 0 Å². The van der Waals surface area contributed by atoms with Gasteiger partial charge in [-0.3, -0.25) is 10.1 Å². The first-order chi connectivity index (χ1) is 11.4. The number of nitro groups is 1. The van der Waals surface area contributed by atoms with E-state index in [-0.39, 0.29) is 26.5 Å². The number of halogens is 4. The summed E-state index contributed by atoms with van der Waals surface area (Å²) in [6, 6.07) is 11.1. The number of nitrogens with zero attached hydrogens (tertiary/aromatic N) is 1. The topological polar surface area (TPSA) is 52.4 Å². The lowest BCUT2D eigenvalue weighted by Gasteiger charge is -2.14. The molecule has 8 heteroatoms. The van der Waals surface area contributed by atoms with Crippen LogP contribution in [0.15, 0.2) is 42.5 Å². The maximum Gasteiger partial charge on any atom is 0.272 e. The minimum atomic E-state index is -0.591. The predicted octanol–water partition coefficient (Wildman–Crippen LogP) is 7.15. The van der Waals surface area contributed by atoms with Gasteiger partial charge in [-0.25, -0.2) is 0 Å². The second-order valence-corrected chi connectivity index (χ2v) is 6.44. The normalized spacial score (nSPS) is 10.8. The Bertz CT molecular complexity index is 952. The molecule has 0 fully saturated rings. The van der Waals surface area contributed by atoms with E-state index in [1.807, 2.05) is 12.1 Å². The van der Waals surface area contributed by atoms with E-state index < -0.39 is 4.92 Å². The lowest BCUT2D eigenvalue weighted by atomic mass is 10.1. The van der Waals surface area contributed by atoms with Crippen molar-refractivity contribution >= 4 is 62.9 Å². The lowest BCUT2D eigenvalue weighted by molar-refractivity contribution is -0.384. The lowest BCUT2D eigenvalue weighted by Crippen LogP contribution is -1.93. The van der Waals surface area contributed by atoms with Gasteiger partial charge in [0.25, 0.3) is 5.69 Å². The summed E-state index contributed by atoms with van der Waals surface area (Å²) in [5.41, 5.74) is -0.232. The molecule has 0 aliphatic heterocycles. The van der Waals surface area contributed by atoms with E-state index in [0.29, 0.717) is 16.2 Å². The Morgan fingerprint density at radius 2 is 1.33 bits per heavy atom. The quantitative estimate of drug-likeness (QED) is 0.345. The molecule has 3 rings (SSSR count). The van der Waals surface area contributed by atoms with Crippen LogP contribution in [0.1, 0.15) is 0 Å². The molecule has 3 aromatic carbocycles. The third kappa shape index (κ3) is 3.10. The molecule has 0 amide bonds. The Morgan fingerprint density at radius 3 is 1.92 bits per heavy atom.